The molecule has 0 aliphatic carbocycles. The highest BCUT2D eigenvalue weighted by Gasteiger charge is 2.31. The van der Waals surface area contributed by atoms with Gasteiger partial charge in [-0.15, -0.1) is 0 Å². The molecule has 1 aliphatic rings. The fourth-order valence-electron chi connectivity index (χ4n) is 4.07. The maximum atomic E-state index is 13.5. The average molecular weight is 552 g/mol. The summed E-state index contributed by atoms with van der Waals surface area (Å²) in [5.74, 6) is -0.599. The summed E-state index contributed by atoms with van der Waals surface area (Å²) in [4.78, 5) is 50.6. The Balaban J connectivity index is 1.47. The minimum atomic E-state index is -0.982. The lowest BCUT2D eigenvalue weighted by Gasteiger charge is -2.35. The van der Waals surface area contributed by atoms with Crippen molar-refractivity contribution in [1.29, 1.82) is 0 Å². The van der Waals surface area contributed by atoms with Crippen molar-refractivity contribution in [3.05, 3.63) is 83.1 Å². The number of ether oxygens (including phenoxy) is 2. The van der Waals surface area contributed by atoms with Gasteiger partial charge in [0.25, 0.3) is 5.91 Å². The number of rotatable bonds is 9. The van der Waals surface area contributed by atoms with Crippen LogP contribution in [-0.2, 0) is 20.9 Å². The number of benzene rings is 2. The summed E-state index contributed by atoms with van der Waals surface area (Å²) in [6, 6.07) is 19.1. The van der Waals surface area contributed by atoms with Crippen LogP contribution in [-0.4, -0.2) is 83.1 Å². The second-order valence-corrected chi connectivity index (χ2v) is 9.19. The van der Waals surface area contributed by atoms with Gasteiger partial charge in [-0.25, -0.2) is 14.8 Å². The fraction of sp³-hybridized carbons (Fsp3) is 0.321. The van der Waals surface area contributed by atoms with Gasteiger partial charge in [-0.1, -0.05) is 72.3 Å². The quantitative estimate of drug-likeness (QED) is 0.405. The zero-order valence-electron chi connectivity index (χ0n) is 21.6. The highest BCUT2D eigenvalue weighted by Crippen LogP contribution is 2.18. The Hall–Kier alpha value is -4.02. The van der Waals surface area contributed by atoms with E-state index in [4.69, 9.17) is 21.1 Å². The van der Waals surface area contributed by atoms with E-state index in [-0.39, 0.29) is 36.6 Å². The van der Waals surface area contributed by atoms with E-state index in [1.54, 1.807) is 16.7 Å². The first-order valence-electron chi connectivity index (χ1n) is 12.7. The van der Waals surface area contributed by atoms with Gasteiger partial charge in [0.05, 0.1) is 19.8 Å². The molecule has 3 amide bonds. The molecule has 3 aromatic rings. The van der Waals surface area contributed by atoms with E-state index in [1.165, 1.54) is 6.07 Å². The van der Waals surface area contributed by atoms with Crippen LogP contribution in [0.15, 0.2) is 66.7 Å². The zero-order valence-corrected chi connectivity index (χ0v) is 22.3. The molecule has 1 aromatic heterocycles. The van der Waals surface area contributed by atoms with Gasteiger partial charge in [-0.2, -0.15) is 0 Å². The molecular weight excluding hydrogens is 522 g/mol. The maximum absolute atomic E-state index is 13.5. The number of nitrogens with one attached hydrogen (secondary N) is 1. The van der Waals surface area contributed by atoms with Crippen LogP contribution in [0.1, 0.15) is 23.0 Å². The molecule has 0 saturated carbocycles. The molecule has 1 atom stereocenters. The number of hydrogen-bond acceptors (Lipinski definition) is 7. The van der Waals surface area contributed by atoms with Crippen molar-refractivity contribution in [2.24, 2.45) is 0 Å². The predicted molar refractivity (Wildman–Crippen MR) is 145 cm³/mol. The smallest absolute Gasteiger partial charge is 0.409 e. The molecule has 1 N–H and O–H groups in total. The van der Waals surface area contributed by atoms with E-state index < -0.39 is 18.0 Å². The van der Waals surface area contributed by atoms with Gasteiger partial charge in [0, 0.05) is 37.8 Å². The fourth-order valence-corrected chi connectivity index (χ4v) is 4.25. The lowest BCUT2D eigenvalue weighted by Crippen LogP contribution is -2.57. The number of carbonyl (C=O) groups is 3. The zero-order chi connectivity index (χ0) is 27.6. The third-order valence-corrected chi connectivity index (χ3v) is 6.27. The summed E-state index contributed by atoms with van der Waals surface area (Å²) in [6.07, 6.45) is -0.407. The molecule has 2 aromatic carbocycles. The monoisotopic (exact) mass is 551 g/mol. The Bertz CT molecular complexity index is 1270. The number of aromatic nitrogens is 2. The second kappa shape index (κ2) is 13.7. The number of hydrogen-bond donors (Lipinski definition) is 1. The van der Waals surface area contributed by atoms with Gasteiger partial charge in [-0.3, -0.25) is 9.59 Å². The number of piperazine rings is 1. The lowest BCUT2D eigenvalue weighted by atomic mass is 10.2. The van der Waals surface area contributed by atoms with Crippen molar-refractivity contribution in [3.8, 4) is 11.4 Å². The summed E-state index contributed by atoms with van der Waals surface area (Å²) in [6.45, 7) is 3.52. The maximum Gasteiger partial charge on any atom is 0.409 e. The third-order valence-electron chi connectivity index (χ3n) is 6.08. The molecule has 204 valence electrons. The normalized spacial score (nSPS) is 14.0. The number of nitrogens with zero attached hydrogens (tertiary/aromatic N) is 4. The molecule has 39 heavy (non-hydrogen) atoms. The van der Waals surface area contributed by atoms with Crippen LogP contribution in [0.25, 0.3) is 11.4 Å². The van der Waals surface area contributed by atoms with Gasteiger partial charge in [0.1, 0.15) is 16.9 Å². The van der Waals surface area contributed by atoms with Gasteiger partial charge in [0.2, 0.25) is 5.91 Å². The number of carbonyl (C=O) groups excluding carboxylic acids is 3. The molecule has 2 heterocycles. The SMILES string of the molecule is CCOC(=O)N1CCN(C(=O)[C@H](COCc2ccccc2)NC(=O)c2cc(Cl)nc(-c3ccccc3)n2)CC1. The molecule has 0 spiro atoms. The molecule has 1 fully saturated rings. The van der Waals surface area contributed by atoms with Crippen LogP contribution in [0.3, 0.4) is 0 Å². The molecule has 0 radical (unpaired) electrons. The van der Waals surface area contributed by atoms with E-state index in [2.05, 4.69) is 15.3 Å². The summed E-state index contributed by atoms with van der Waals surface area (Å²) >= 11 is 6.20. The molecule has 1 saturated heterocycles. The van der Waals surface area contributed by atoms with Crippen molar-refractivity contribution in [2.45, 2.75) is 19.6 Å². The third kappa shape index (κ3) is 7.75. The number of halogens is 1. The second-order valence-electron chi connectivity index (χ2n) is 8.80. The predicted octanol–water partition coefficient (Wildman–Crippen LogP) is 3.41. The molecule has 4 rings (SSSR count). The first-order valence-corrected chi connectivity index (χ1v) is 13.1. The first-order chi connectivity index (χ1) is 18.9. The van der Waals surface area contributed by atoms with Crippen molar-refractivity contribution in [2.75, 3.05) is 39.4 Å². The van der Waals surface area contributed by atoms with E-state index in [1.807, 2.05) is 60.7 Å². The summed E-state index contributed by atoms with van der Waals surface area (Å²) in [7, 11) is 0. The average Bonchev–Trinajstić information content (AvgIpc) is 2.97. The van der Waals surface area contributed by atoms with Crippen molar-refractivity contribution < 1.29 is 23.9 Å². The Morgan fingerprint density at radius 2 is 1.59 bits per heavy atom. The summed E-state index contributed by atoms with van der Waals surface area (Å²) in [5, 5.41) is 2.87. The first kappa shape index (κ1) is 28.0. The summed E-state index contributed by atoms with van der Waals surface area (Å²) < 4.78 is 10.9. The van der Waals surface area contributed by atoms with E-state index in [0.717, 1.165) is 5.56 Å². The van der Waals surface area contributed by atoms with Crippen LogP contribution in [0, 0.1) is 0 Å². The summed E-state index contributed by atoms with van der Waals surface area (Å²) in [5.41, 5.74) is 1.67. The van der Waals surface area contributed by atoms with E-state index in [0.29, 0.717) is 37.6 Å². The molecular formula is C28H30ClN5O5. The lowest BCUT2D eigenvalue weighted by molar-refractivity contribution is -0.136. The van der Waals surface area contributed by atoms with Crippen molar-refractivity contribution in [3.63, 3.8) is 0 Å². The topological polar surface area (TPSA) is 114 Å². The van der Waals surface area contributed by atoms with E-state index in [9.17, 15) is 14.4 Å². The highest BCUT2D eigenvalue weighted by molar-refractivity contribution is 6.29. The van der Waals surface area contributed by atoms with Gasteiger partial charge >= 0.3 is 6.09 Å². The Morgan fingerprint density at radius 3 is 2.26 bits per heavy atom. The minimum absolute atomic E-state index is 0.0295. The van der Waals surface area contributed by atoms with Crippen LogP contribution in [0.2, 0.25) is 5.15 Å². The van der Waals surface area contributed by atoms with Crippen LogP contribution < -0.4 is 5.32 Å². The Morgan fingerprint density at radius 1 is 0.949 bits per heavy atom. The largest absolute Gasteiger partial charge is 0.450 e. The Kier molecular flexibility index (Phi) is 9.82. The molecule has 0 bridgehead atoms. The highest BCUT2D eigenvalue weighted by atomic mass is 35.5. The minimum Gasteiger partial charge on any atom is -0.450 e. The van der Waals surface area contributed by atoms with Gasteiger partial charge < -0.3 is 24.6 Å². The standard InChI is InChI=1S/C28H30ClN5O5/c1-2-39-28(37)34-15-13-33(14-16-34)27(36)23(19-38-18-20-9-5-3-6-10-20)31-26(35)22-17-24(29)32-25(30-22)21-11-7-4-8-12-21/h3-12,17,23H,2,13-16,18-19H2,1H3,(H,31,35)/t23-/m0/s1. The Labute approximate surface area is 231 Å². The molecule has 10 nitrogen and oxygen atoms in total. The van der Waals surface area contributed by atoms with Crippen LogP contribution >= 0.6 is 11.6 Å². The van der Waals surface area contributed by atoms with Crippen molar-refractivity contribution in [1.82, 2.24) is 25.1 Å². The van der Waals surface area contributed by atoms with Crippen LogP contribution in [0.4, 0.5) is 4.79 Å². The molecule has 11 heteroatoms. The van der Waals surface area contributed by atoms with Gasteiger partial charge in [-0.05, 0) is 12.5 Å². The number of amides is 3. The van der Waals surface area contributed by atoms with Crippen LogP contribution in [0.5, 0.6) is 0 Å². The van der Waals surface area contributed by atoms with E-state index >= 15 is 0 Å². The molecule has 0 unspecified atom stereocenters. The molecule has 1 aliphatic heterocycles. The van der Waals surface area contributed by atoms with Gasteiger partial charge in [0.15, 0.2) is 5.82 Å². The van der Waals surface area contributed by atoms with Crippen molar-refractivity contribution >= 4 is 29.5 Å².